The van der Waals surface area contributed by atoms with Crippen molar-refractivity contribution in [1.82, 2.24) is 0 Å². The highest BCUT2D eigenvalue weighted by molar-refractivity contribution is 6.31. The second kappa shape index (κ2) is 7.49. The number of halogens is 1. The van der Waals surface area contributed by atoms with E-state index in [1.165, 1.54) is 49.1 Å². The summed E-state index contributed by atoms with van der Waals surface area (Å²) in [5.74, 6) is 1.40. The average Bonchev–Trinajstić information content (AvgIpc) is 2.56. The number of nitrogens with one attached hydrogen (secondary N) is 2. The lowest BCUT2D eigenvalue weighted by Gasteiger charge is -2.38. The maximum Gasteiger partial charge on any atom is 0.294 e. The SMILES string of the molecule is O=C(C[NH+]1CC[C@H]2CCCC[C@@H]2C1)Nc1ccc(Cl)cc1[N+](=O)[O-]. The van der Waals surface area contributed by atoms with Crippen molar-refractivity contribution < 1.29 is 14.6 Å². The number of likely N-dealkylation sites (tertiary alicyclic amines) is 1. The number of amides is 1. The third-order valence-electron chi connectivity index (χ3n) is 5.33. The summed E-state index contributed by atoms with van der Waals surface area (Å²) in [6.45, 7) is 2.42. The molecule has 6 nitrogen and oxygen atoms in total. The summed E-state index contributed by atoms with van der Waals surface area (Å²) in [5, 5.41) is 14.1. The molecule has 1 heterocycles. The van der Waals surface area contributed by atoms with Crippen molar-refractivity contribution in [3.05, 3.63) is 33.3 Å². The Morgan fingerprint density at radius 1 is 1.29 bits per heavy atom. The average molecular weight is 353 g/mol. The molecule has 1 aromatic rings. The number of anilines is 1. The smallest absolute Gasteiger partial charge is 0.294 e. The largest absolute Gasteiger partial charge is 0.327 e. The monoisotopic (exact) mass is 352 g/mol. The molecule has 1 aliphatic heterocycles. The molecule has 7 heteroatoms. The van der Waals surface area contributed by atoms with Crippen LogP contribution < -0.4 is 10.2 Å². The molecule has 1 amide bonds. The van der Waals surface area contributed by atoms with Crippen LogP contribution in [0.4, 0.5) is 11.4 Å². The van der Waals surface area contributed by atoms with Gasteiger partial charge in [0.25, 0.3) is 11.6 Å². The fourth-order valence-electron chi connectivity index (χ4n) is 4.14. The quantitative estimate of drug-likeness (QED) is 0.644. The van der Waals surface area contributed by atoms with Crippen molar-refractivity contribution in [2.24, 2.45) is 11.8 Å². The van der Waals surface area contributed by atoms with E-state index in [-0.39, 0.29) is 22.3 Å². The zero-order valence-corrected chi connectivity index (χ0v) is 14.3. The van der Waals surface area contributed by atoms with E-state index in [0.29, 0.717) is 6.54 Å². The summed E-state index contributed by atoms with van der Waals surface area (Å²) in [5.41, 5.74) is 0.0400. The summed E-state index contributed by atoms with van der Waals surface area (Å²) < 4.78 is 0. The minimum absolute atomic E-state index is 0.170. The molecular weight excluding hydrogens is 330 g/mol. The molecule has 2 aliphatic rings. The Labute approximate surface area is 146 Å². The molecule has 3 rings (SSSR count). The first-order valence-corrected chi connectivity index (χ1v) is 8.98. The number of carbonyl (C=O) groups excluding carboxylic acids is 1. The van der Waals surface area contributed by atoms with Crippen LogP contribution in [0.1, 0.15) is 32.1 Å². The molecule has 1 unspecified atom stereocenters. The third kappa shape index (κ3) is 4.05. The van der Waals surface area contributed by atoms with Crippen molar-refractivity contribution in [3.8, 4) is 0 Å². The molecule has 1 saturated carbocycles. The van der Waals surface area contributed by atoms with E-state index in [2.05, 4.69) is 5.32 Å². The fraction of sp³-hybridized carbons (Fsp3) is 0.588. The van der Waals surface area contributed by atoms with Crippen LogP contribution in [-0.2, 0) is 4.79 Å². The highest BCUT2D eigenvalue weighted by atomic mass is 35.5. The number of carbonyl (C=O) groups is 1. The lowest BCUT2D eigenvalue weighted by molar-refractivity contribution is -0.902. The van der Waals surface area contributed by atoms with E-state index in [1.807, 2.05) is 0 Å². The standard InChI is InChI=1S/C17H22ClN3O3/c18-14-5-6-15(16(9-14)21(23)24)19-17(22)11-20-8-7-12-3-1-2-4-13(12)10-20/h5-6,9,12-13H,1-4,7-8,10-11H2,(H,19,22)/p+1/t12-,13-/m1/s1. The highest BCUT2D eigenvalue weighted by Crippen LogP contribution is 2.32. The van der Waals surface area contributed by atoms with Gasteiger partial charge >= 0.3 is 0 Å². The Bertz CT molecular complexity index is 638. The Hall–Kier alpha value is -1.66. The molecule has 0 aromatic heterocycles. The van der Waals surface area contributed by atoms with Crippen molar-refractivity contribution in [1.29, 1.82) is 0 Å². The van der Waals surface area contributed by atoms with Crippen LogP contribution in [0, 0.1) is 22.0 Å². The van der Waals surface area contributed by atoms with E-state index in [1.54, 1.807) is 6.07 Å². The van der Waals surface area contributed by atoms with Crippen molar-refractivity contribution in [2.75, 3.05) is 25.0 Å². The van der Waals surface area contributed by atoms with Gasteiger partial charge in [-0.1, -0.05) is 24.4 Å². The van der Waals surface area contributed by atoms with E-state index >= 15 is 0 Å². The van der Waals surface area contributed by atoms with E-state index in [4.69, 9.17) is 11.6 Å². The van der Waals surface area contributed by atoms with Gasteiger partial charge in [0.05, 0.1) is 18.0 Å². The first kappa shape index (κ1) is 17.2. The van der Waals surface area contributed by atoms with Gasteiger partial charge in [-0.05, 0) is 37.3 Å². The third-order valence-corrected chi connectivity index (χ3v) is 5.56. The summed E-state index contributed by atoms with van der Waals surface area (Å²) >= 11 is 5.80. The van der Waals surface area contributed by atoms with Gasteiger partial charge in [-0.2, -0.15) is 0 Å². The van der Waals surface area contributed by atoms with Crippen LogP contribution in [0.25, 0.3) is 0 Å². The molecule has 2 N–H and O–H groups in total. The topological polar surface area (TPSA) is 76.7 Å². The molecule has 2 fully saturated rings. The second-order valence-electron chi connectivity index (χ2n) is 6.94. The van der Waals surface area contributed by atoms with Crippen LogP contribution in [0.3, 0.4) is 0 Å². The zero-order valence-electron chi connectivity index (χ0n) is 13.6. The normalized spacial score (nSPS) is 26.5. The second-order valence-corrected chi connectivity index (χ2v) is 7.38. The number of quaternary nitrogens is 1. The lowest BCUT2D eigenvalue weighted by atomic mass is 9.75. The van der Waals surface area contributed by atoms with Gasteiger partial charge in [-0.15, -0.1) is 0 Å². The molecule has 3 atom stereocenters. The summed E-state index contributed by atoms with van der Waals surface area (Å²) in [4.78, 5) is 24.2. The predicted octanol–water partition coefficient (Wildman–Crippen LogP) is 2.28. The number of piperidine rings is 1. The molecular formula is C17H23ClN3O3+. The number of benzene rings is 1. The van der Waals surface area contributed by atoms with Gasteiger partial charge < -0.3 is 10.2 Å². The van der Waals surface area contributed by atoms with Gasteiger partial charge in [0.2, 0.25) is 0 Å². The van der Waals surface area contributed by atoms with Crippen LogP contribution in [0.15, 0.2) is 18.2 Å². The number of hydrogen-bond donors (Lipinski definition) is 2. The van der Waals surface area contributed by atoms with Crippen LogP contribution in [-0.4, -0.2) is 30.5 Å². The number of nitrogens with zero attached hydrogens (tertiary/aromatic N) is 1. The summed E-state index contributed by atoms with van der Waals surface area (Å²) in [6.07, 6.45) is 6.45. The fourth-order valence-corrected chi connectivity index (χ4v) is 4.31. The summed E-state index contributed by atoms with van der Waals surface area (Å²) in [6, 6.07) is 4.29. The van der Waals surface area contributed by atoms with E-state index in [9.17, 15) is 14.9 Å². The minimum atomic E-state index is -0.526. The van der Waals surface area contributed by atoms with Crippen LogP contribution in [0.5, 0.6) is 0 Å². The molecule has 0 bridgehead atoms. The number of hydrogen-bond acceptors (Lipinski definition) is 3. The van der Waals surface area contributed by atoms with Crippen LogP contribution >= 0.6 is 11.6 Å². The predicted molar refractivity (Wildman–Crippen MR) is 92.4 cm³/mol. The summed E-state index contributed by atoms with van der Waals surface area (Å²) in [7, 11) is 0. The van der Waals surface area contributed by atoms with Crippen LogP contribution in [0.2, 0.25) is 5.02 Å². The lowest BCUT2D eigenvalue weighted by Crippen LogP contribution is -3.15. The first-order chi connectivity index (χ1) is 11.5. The molecule has 1 aromatic carbocycles. The van der Waals surface area contributed by atoms with Gasteiger partial charge in [0.15, 0.2) is 6.54 Å². The van der Waals surface area contributed by atoms with Gasteiger partial charge in [0.1, 0.15) is 5.69 Å². The number of fused-ring (bicyclic) bond motifs is 1. The molecule has 130 valence electrons. The molecule has 1 aliphatic carbocycles. The van der Waals surface area contributed by atoms with Gasteiger partial charge in [-0.25, -0.2) is 0 Å². The Morgan fingerprint density at radius 2 is 2.04 bits per heavy atom. The number of rotatable bonds is 4. The van der Waals surface area contributed by atoms with Gasteiger partial charge in [0, 0.05) is 17.0 Å². The van der Waals surface area contributed by atoms with Crippen molar-refractivity contribution >= 4 is 28.9 Å². The molecule has 1 saturated heterocycles. The van der Waals surface area contributed by atoms with Crippen molar-refractivity contribution in [2.45, 2.75) is 32.1 Å². The maximum absolute atomic E-state index is 12.3. The minimum Gasteiger partial charge on any atom is -0.327 e. The first-order valence-electron chi connectivity index (χ1n) is 8.60. The van der Waals surface area contributed by atoms with E-state index < -0.39 is 4.92 Å². The Morgan fingerprint density at radius 3 is 2.79 bits per heavy atom. The molecule has 0 radical (unpaired) electrons. The highest BCUT2D eigenvalue weighted by Gasteiger charge is 2.34. The number of nitro groups is 1. The van der Waals surface area contributed by atoms with Crippen molar-refractivity contribution in [3.63, 3.8) is 0 Å². The van der Waals surface area contributed by atoms with E-state index in [0.717, 1.165) is 24.9 Å². The zero-order chi connectivity index (χ0) is 17.1. The molecule has 24 heavy (non-hydrogen) atoms. The Kier molecular flexibility index (Phi) is 5.36. The Balaban J connectivity index is 1.59. The number of nitro benzene ring substituents is 1. The maximum atomic E-state index is 12.3. The van der Waals surface area contributed by atoms with Gasteiger partial charge in [-0.3, -0.25) is 14.9 Å². The molecule has 0 spiro atoms.